The number of benzene rings is 1. The molecule has 0 N–H and O–H groups in total. The highest BCUT2D eigenvalue weighted by atomic mass is 19.1. The summed E-state index contributed by atoms with van der Waals surface area (Å²) < 4.78 is 15.8. The first-order chi connectivity index (χ1) is 11.8. The second-order valence-electron chi connectivity index (χ2n) is 7.14. The van der Waals surface area contributed by atoms with Gasteiger partial charge in [-0.15, -0.1) is 10.2 Å². The molecule has 1 aromatic heterocycles. The van der Waals surface area contributed by atoms with E-state index in [0.29, 0.717) is 5.92 Å². The number of hydrogen-bond donors (Lipinski definition) is 0. The van der Waals surface area contributed by atoms with Gasteiger partial charge in [0.25, 0.3) is 0 Å². The Hall–Kier alpha value is -1.75. The predicted molar refractivity (Wildman–Crippen MR) is 91.2 cm³/mol. The highest BCUT2D eigenvalue weighted by Gasteiger charge is 2.27. The number of likely N-dealkylation sites (tertiary alicyclic amines) is 1. The van der Waals surface area contributed by atoms with Crippen molar-refractivity contribution in [3.05, 3.63) is 47.3 Å². The van der Waals surface area contributed by atoms with Crippen LogP contribution in [-0.4, -0.2) is 32.8 Å². The molecule has 1 fully saturated rings. The molecular weight excluding hydrogens is 303 g/mol. The SMILES string of the molecule is Fc1cccc(CN2CCCC(c3nnc4n3CCCCC4)C2)c1. The van der Waals surface area contributed by atoms with Crippen LogP contribution in [0.15, 0.2) is 24.3 Å². The summed E-state index contributed by atoms with van der Waals surface area (Å²) in [6.07, 6.45) is 7.16. The van der Waals surface area contributed by atoms with Gasteiger partial charge in [0, 0.05) is 32.0 Å². The lowest BCUT2D eigenvalue weighted by Crippen LogP contribution is -2.35. The van der Waals surface area contributed by atoms with Gasteiger partial charge in [0.15, 0.2) is 0 Å². The highest BCUT2D eigenvalue weighted by Crippen LogP contribution is 2.28. The molecule has 128 valence electrons. The Balaban J connectivity index is 1.48. The Bertz CT molecular complexity index is 696. The zero-order chi connectivity index (χ0) is 16.4. The molecule has 1 saturated heterocycles. The maximum absolute atomic E-state index is 13.4. The van der Waals surface area contributed by atoms with Gasteiger partial charge >= 0.3 is 0 Å². The minimum Gasteiger partial charge on any atom is -0.315 e. The molecule has 4 rings (SSSR count). The van der Waals surface area contributed by atoms with E-state index in [2.05, 4.69) is 19.7 Å². The van der Waals surface area contributed by atoms with Crippen LogP contribution in [0.1, 0.15) is 55.2 Å². The standard InChI is InChI=1S/C19H25FN4/c20-17-8-4-6-15(12-17)13-23-10-5-7-16(14-23)19-22-21-18-9-2-1-3-11-24(18)19/h4,6,8,12,16H,1-3,5,7,9-11,13-14H2. The maximum atomic E-state index is 13.4. The summed E-state index contributed by atoms with van der Waals surface area (Å²) in [5.41, 5.74) is 1.05. The molecule has 0 amide bonds. The first-order valence-corrected chi connectivity index (χ1v) is 9.18. The van der Waals surface area contributed by atoms with E-state index in [1.54, 1.807) is 12.1 Å². The first kappa shape index (κ1) is 15.8. The number of fused-ring (bicyclic) bond motifs is 1. The summed E-state index contributed by atoms with van der Waals surface area (Å²) in [4.78, 5) is 2.43. The van der Waals surface area contributed by atoms with Crippen molar-refractivity contribution in [3.8, 4) is 0 Å². The third-order valence-electron chi connectivity index (χ3n) is 5.30. The van der Waals surface area contributed by atoms with E-state index in [1.807, 2.05) is 6.07 Å². The van der Waals surface area contributed by atoms with Crippen LogP contribution < -0.4 is 0 Å². The second kappa shape index (κ2) is 7.01. The largest absolute Gasteiger partial charge is 0.315 e. The molecular formula is C19H25FN4. The minimum atomic E-state index is -0.149. The molecule has 5 heteroatoms. The zero-order valence-corrected chi connectivity index (χ0v) is 14.1. The number of aryl methyl sites for hydroxylation is 1. The van der Waals surface area contributed by atoms with Crippen molar-refractivity contribution >= 4 is 0 Å². The fourth-order valence-electron chi connectivity index (χ4n) is 4.11. The fraction of sp³-hybridized carbons (Fsp3) is 0.579. The molecule has 0 saturated carbocycles. The van der Waals surface area contributed by atoms with Gasteiger partial charge in [-0.2, -0.15) is 0 Å². The average Bonchev–Trinajstić information content (AvgIpc) is 2.84. The van der Waals surface area contributed by atoms with Crippen LogP contribution in [-0.2, 0) is 19.5 Å². The second-order valence-corrected chi connectivity index (χ2v) is 7.14. The highest BCUT2D eigenvalue weighted by molar-refractivity contribution is 5.16. The maximum Gasteiger partial charge on any atom is 0.137 e. The number of piperidine rings is 1. The van der Waals surface area contributed by atoms with Crippen molar-refractivity contribution in [1.82, 2.24) is 19.7 Å². The zero-order valence-electron chi connectivity index (χ0n) is 14.1. The van der Waals surface area contributed by atoms with Crippen LogP contribution in [0.5, 0.6) is 0 Å². The molecule has 0 radical (unpaired) electrons. The van der Waals surface area contributed by atoms with Crippen LogP contribution in [0.2, 0.25) is 0 Å². The van der Waals surface area contributed by atoms with Gasteiger partial charge in [-0.25, -0.2) is 4.39 Å². The summed E-state index contributed by atoms with van der Waals surface area (Å²) in [6, 6.07) is 6.96. The first-order valence-electron chi connectivity index (χ1n) is 9.18. The Kier molecular flexibility index (Phi) is 4.60. The molecule has 2 aromatic rings. The summed E-state index contributed by atoms with van der Waals surface area (Å²) in [7, 11) is 0. The smallest absolute Gasteiger partial charge is 0.137 e. The van der Waals surface area contributed by atoms with Crippen molar-refractivity contribution in [2.24, 2.45) is 0 Å². The topological polar surface area (TPSA) is 34.0 Å². The van der Waals surface area contributed by atoms with E-state index < -0.39 is 0 Å². The monoisotopic (exact) mass is 328 g/mol. The van der Waals surface area contributed by atoms with Crippen molar-refractivity contribution in [2.45, 2.75) is 57.5 Å². The molecule has 1 aromatic carbocycles. The molecule has 0 aliphatic carbocycles. The molecule has 4 nitrogen and oxygen atoms in total. The Morgan fingerprint density at radius 2 is 2.04 bits per heavy atom. The van der Waals surface area contributed by atoms with Crippen LogP contribution in [0, 0.1) is 5.82 Å². The summed E-state index contributed by atoms with van der Waals surface area (Å²) in [5.74, 6) is 2.65. The van der Waals surface area contributed by atoms with Crippen LogP contribution in [0.25, 0.3) is 0 Å². The Morgan fingerprint density at radius 1 is 1.08 bits per heavy atom. The van der Waals surface area contributed by atoms with Crippen molar-refractivity contribution < 1.29 is 4.39 Å². The van der Waals surface area contributed by atoms with E-state index >= 15 is 0 Å². The Labute approximate surface area is 142 Å². The third-order valence-corrected chi connectivity index (χ3v) is 5.30. The molecule has 24 heavy (non-hydrogen) atoms. The van der Waals surface area contributed by atoms with Crippen LogP contribution in [0.4, 0.5) is 4.39 Å². The molecule has 0 bridgehead atoms. The van der Waals surface area contributed by atoms with E-state index in [-0.39, 0.29) is 5.82 Å². The summed E-state index contributed by atoms with van der Waals surface area (Å²) >= 11 is 0. The van der Waals surface area contributed by atoms with Crippen molar-refractivity contribution in [1.29, 1.82) is 0 Å². The fourth-order valence-corrected chi connectivity index (χ4v) is 4.11. The molecule has 2 aliphatic rings. The molecule has 1 unspecified atom stereocenters. The number of hydrogen-bond acceptors (Lipinski definition) is 3. The number of halogens is 1. The average molecular weight is 328 g/mol. The van der Waals surface area contributed by atoms with Crippen molar-refractivity contribution in [2.75, 3.05) is 13.1 Å². The molecule has 3 heterocycles. The molecule has 0 spiro atoms. The summed E-state index contributed by atoms with van der Waals surface area (Å²) in [6.45, 7) is 3.95. The van der Waals surface area contributed by atoms with Gasteiger partial charge in [-0.3, -0.25) is 4.90 Å². The van der Waals surface area contributed by atoms with E-state index in [9.17, 15) is 4.39 Å². The van der Waals surface area contributed by atoms with Crippen molar-refractivity contribution in [3.63, 3.8) is 0 Å². The van der Waals surface area contributed by atoms with Gasteiger partial charge in [0.2, 0.25) is 0 Å². The van der Waals surface area contributed by atoms with Gasteiger partial charge in [-0.05, 0) is 49.9 Å². The van der Waals surface area contributed by atoms with Crippen LogP contribution in [0.3, 0.4) is 0 Å². The lowest BCUT2D eigenvalue weighted by atomic mass is 9.96. The summed E-state index contributed by atoms with van der Waals surface area (Å²) in [5, 5.41) is 9.00. The lowest BCUT2D eigenvalue weighted by molar-refractivity contribution is 0.194. The predicted octanol–water partition coefficient (Wildman–Crippen LogP) is 3.52. The normalized spacial score (nSPS) is 22.1. The van der Waals surface area contributed by atoms with Gasteiger partial charge in [-0.1, -0.05) is 18.6 Å². The van der Waals surface area contributed by atoms with Gasteiger partial charge in [0.05, 0.1) is 0 Å². The number of rotatable bonds is 3. The van der Waals surface area contributed by atoms with Crippen LogP contribution >= 0.6 is 0 Å². The van der Waals surface area contributed by atoms with Gasteiger partial charge in [0.1, 0.15) is 17.5 Å². The van der Waals surface area contributed by atoms with E-state index in [4.69, 9.17) is 0 Å². The minimum absolute atomic E-state index is 0.149. The quantitative estimate of drug-likeness (QED) is 0.864. The number of nitrogens with zero attached hydrogens (tertiary/aromatic N) is 4. The number of aromatic nitrogens is 3. The van der Waals surface area contributed by atoms with Gasteiger partial charge < -0.3 is 4.57 Å². The lowest BCUT2D eigenvalue weighted by Gasteiger charge is -2.32. The molecule has 2 aliphatic heterocycles. The Morgan fingerprint density at radius 3 is 2.96 bits per heavy atom. The van der Waals surface area contributed by atoms with E-state index in [1.165, 1.54) is 49.8 Å². The third kappa shape index (κ3) is 3.36. The molecule has 1 atom stereocenters. The van der Waals surface area contributed by atoms with E-state index in [0.717, 1.165) is 38.2 Å².